The van der Waals surface area contributed by atoms with Gasteiger partial charge >= 0.3 is 0 Å². The van der Waals surface area contributed by atoms with Gasteiger partial charge in [0.2, 0.25) is 5.91 Å². The summed E-state index contributed by atoms with van der Waals surface area (Å²) in [5, 5.41) is 4.54. The van der Waals surface area contributed by atoms with E-state index < -0.39 is 0 Å². The van der Waals surface area contributed by atoms with Crippen molar-refractivity contribution >= 4 is 5.91 Å². The second-order valence-corrected chi connectivity index (χ2v) is 5.98. The number of nitrogens with zero attached hydrogens (tertiary/aromatic N) is 4. The summed E-state index contributed by atoms with van der Waals surface area (Å²) in [7, 11) is 0. The summed E-state index contributed by atoms with van der Waals surface area (Å²) in [5.74, 6) is 1.79. The van der Waals surface area contributed by atoms with Gasteiger partial charge in [0.05, 0.1) is 12.2 Å². The fourth-order valence-electron chi connectivity index (χ4n) is 2.92. The lowest BCUT2D eigenvalue weighted by atomic mass is 10.1. The molecule has 1 aromatic carbocycles. The Balaban J connectivity index is 1.96. The van der Waals surface area contributed by atoms with E-state index in [0.29, 0.717) is 13.0 Å². The minimum absolute atomic E-state index is 0.222. The lowest BCUT2D eigenvalue weighted by Crippen LogP contribution is -2.35. The number of piperidine rings is 1. The molecule has 0 aliphatic carbocycles. The van der Waals surface area contributed by atoms with Crippen molar-refractivity contribution in [3.8, 4) is 5.69 Å². The second kappa shape index (κ2) is 5.91. The molecule has 0 atom stereocenters. The Morgan fingerprint density at radius 3 is 2.77 bits per heavy atom. The van der Waals surface area contributed by atoms with Crippen LogP contribution in [0.1, 0.15) is 42.0 Å². The van der Waals surface area contributed by atoms with Crippen LogP contribution in [0, 0.1) is 20.8 Å². The van der Waals surface area contributed by atoms with E-state index in [1.165, 1.54) is 11.1 Å². The van der Waals surface area contributed by atoms with Gasteiger partial charge in [0.1, 0.15) is 5.82 Å². The summed E-state index contributed by atoms with van der Waals surface area (Å²) < 4.78 is 1.89. The van der Waals surface area contributed by atoms with E-state index in [-0.39, 0.29) is 5.91 Å². The lowest BCUT2D eigenvalue weighted by Gasteiger charge is -2.26. The average Bonchev–Trinajstić information content (AvgIpc) is 2.85. The molecule has 5 nitrogen and oxygen atoms in total. The molecule has 2 heterocycles. The zero-order chi connectivity index (χ0) is 15.7. The topological polar surface area (TPSA) is 51.0 Å². The normalized spacial score (nSPS) is 15.4. The van der Waals surface area contributed by atoms with E-state index in [4.69, 9.17) is 0 Å². The van der Waals surface area contributed by atoms with Crippen molar-refractivity contribution in [3.63, 3.8) is 0 Å². The number of carbonyl (C=O) groups is 1. The fourth-order valence-corrected chi connectivity index (χ4v) is 2.92. The summed E-state index contributed by atoms with van der Waals surface area (Å²) in [6, 6.07) is 6.18. The Morgan fingerprint density at radius 2 is 2.00 bits per heavy atom. The number of hydrogen-bond acceptors (Lipinski definition) is 3. The molecular formula is C17H22N4O. The van der Waals surface area contributed by atoms with E-state index in [2.05, 4.69) is 36.1 Å². The van der Waals surface area contributed by atoms with E-state index in [1.807, 2.05) is 22.6 Å². The number of hydrogen-bond donors (Lipinski definition) is 0. The van der Waals surface area contributed by atoms with E-state index >= 15 is 0 Å². The molecule has 0 bridgehead atoms. The highest BCUT2D eigenvalue weighted by Crippen LogP contribution is 2.20. The van der Waals surface area contributed by atoms with Crippen LogP contribution in [-0.2, 0) is 11.3 Å². The van der Waals surface area contributed by atoms with Crippen molar-refractivity contribution in [2.45, 2.75) is 46.6 Å². The Bertz CT molecular complexity index is 705. The first-order chi connectivity index (χ1) is 10.6. The van der Waals surface area contributed by atoms with Gasteiger partial charge < -0.3 is 4.90 Å². The van der Waals surface area contributed by atoms with Gasteiger partial charge in [-0.15, -0.1) is 0 Å². The van der Waals surface area contributed by atoms with Gasteiger partial charge in [0.25, 0.3) is 0 Å². The van der Waals surface area contributed by atoms with Crippen molar-refractivity contribution in [1.82, 2.24) is 19.7 Å². The molecule has 0 spiro atoms. The maximum atomic E-state index is 12.0. The molecule has 2 aromatic rings. The molecule has 0 N–H and O–H groups in total. The van der Waals surface area contributed by atoms with Crippen LogP contribution in [0.15, 0.2) is 18.2 Å². The minimum Gasteiger partial charge on any atom is -0.335 e. The summed E-state index contributed by atoms with van der Waals surface area (Å²) in [5.41, 5.74) is 3.46. The Labute approximate surface area is 131 Å². The van der Waals surface area contributed by atoms with Crippen LogP contribution in [0.2, 0.25) is 0 Å². The molecule has 1 aliphatic heterocycles. The third-order valence-electron chi connectivity index (χ3n) is 4.34. The molecule has 1 fully saturated rings. The molecule has 1 saturated heterocycles. The van der Waals surface area contributed by atoms with Gasteiger partial charge in [0, 0.05) is 13.0 Å². The van der Waals surface area contributed by atoms with Crippen LogP contribution in [-0.4, -0.2) is 32.1 Å². The molecule has 1 aliphatic rings. The van der Waals surface area contributed by atoms with Crippen molar-refractivity contribution in [2.75, 3.05) is 6.54 Å². The molecule has 0 unspecified atom stereocenters. The molecular weight excluding hydrogens is 276 g/mol. The van der Waals surface area contributed by atoms with Crippen molar-refractivity contribution in [2.24, 2.45) is 0 Å². The van der Waals surface area contributed by atoms with E-state index in [1.54, 1.807) is 0 Å². The zero-order valence-corrected chi connectivity index (χ0v) is 13.5. The van der Waals surface area contributed by atoms with E-state index in [0.717, 1.165) is 36.7 Å². The number of benzene rings is 1. The smallest absolute Gasteiger partial charge is 0.222 e. The number of aromatic nitrogens is 3. The highest BCUT2D eigenvalue weighted by molar-refractivity contribution is 5.76. The summed E-state index contributed by atoms with van der Waals surface area (Å²) in [6.07, 6.45) is 2.72. The first-order valence-electron chi connectivity index (χ1n) is 7.83. The number of amides is 1. The summed E-state index contributed by atoms with van der Waals surface area (Å²) in [4.78, 5) is 18.5. The number of aryl methyl sites for hydroxylation is 2. The molecule has 5 heteroatoms. The molecule has 0 radical (unpaired) electrons. The van der Waals surface area contributed by atoms with Crippen LogP contribution >= 0.6 is 0 Å². The van der Waals surface area contributed by atoms with Gasteiger partial charge in [-0.1, -0.05) is 12.1 Å². The van der Waals surface area contributed by atoms with E-state index in [9.17, 15) is 4.79 Å². The maximum absolute atomic E-state index is 12.0. The van der Waals surface area contributed by atoms with Gasteiger partial charge in [-0.2, -0.15) is 5.10 Å². The standard InChI is InChI=1S/C17H22N4O/c1-12-7-6-8-15(13(12)2)21-16(18-14(3)19-21)11-20-10-5-4-9-17(20)22/h6-8H,4-5,9-11H2,1-3H3. The van der Waals surface area contributed by atoms with Crippen LogP contribution < -0.4 is 0 Å². The number of carbonyl (C=O) groups excluding carboxylic acids is 1. The summed E-state index contributed by atoms with van der Waals surface area (Å²) >= 11 is 0. The monoisotopic (exact) mass is 298 g/mol. The largest absolute Gasteiger partial charge is 0.335 e. The summed E-state index contributed by atoms with van der Waals surface area (Å²) in [6.45, 7) is 7.43. The first-order valence-corrected chi connectivity index (χ1v) is 7.83. The van der Waals surface area contributed by atoms with Crippen LogP contribution in [0.4, 0.5) is 0 Å². The minimum atomic E-state index is 0.222. The van der Waals surface area contributed by atoms with Crippen LogP contribution in [0.5, 0.6) is 0 Å². The Morgan fingerprint density at radius 1 is 1.18 bits per heavy atom. The van der Waals surface area contributed by atoms with Crippen LogP contribution in [0.25, 0.3) is 5.69 Å². The molecule has 3 rings (SSSR count). The SMILES string of the molecule is Cc1nc(CN2CCCCC2=O)n(-c2cccc(C)c2C)n1. The predicted octanol–water partition coefficient (Wildman–Crippen LogP) is 2.71. The maximum Gasteiger partial charge on any atom is 0.222 e. The molecule has 1 amide bonds. The molecule has 22 heavy (non-hydrogen) atoms. The van der Waals surface area contributed by atoms with Crippen molar-refractivity contribution in [1.29, 1.82) is 0 Å². The van der Waals surface area contributed by atoms with Gasteiger partial charge in [-0.25, -0.2) is 9.67 Å². The third-order valence-corrected chi connectivity index (χ3v) is 4.34. The molecule has 1 aromatic heterocycles. The zero-order valence-electron chi connectivity index (χ0n) is 13.5. The molecule has 116 valence electrons. The lowest BCUT2D eigenvalue weighted by molar-refractivity contribution is -0.134. The fraction of sp³-hybridized carbons (Fsp3) is 0.471. The second-order valence-electron chi connectivity index (χ2n) is 5.98. The molecule has 0 saturated carbocycles. The van der Waals surface area contributed by atoms with Gasteiger partial charge in [-0.05, 0) is 50.8 Å². The predicted molar refractivity (Wildman–Crippen MR) is 84.8 cm³/mol. The third kappa shape index (κ3) is 2.75. The van der Waals surface area contributed by atoms with Crippen LogP contribution in [0.3, 0.4) is 0 Å². The van der Waals surface area contributed by atoms with Crippen molar-refractivity contribution in [3.05, 3.63) is 41.0 Å². The van der Waals surface area contributed by atoms with Gasteiger partial charge in [0.15, 0.2) is 5.82 Å². The first kappa shape index (κ1) is 14.8. The van der Waals surface area contributed by atoms with Gasteiger partial charge in [-0.3, -0.25) is 4.79 Å². The Hall–Kier alpha value is -2.17. The van der Waals surface area contributed by atoms with Crippen molar-refractivity contribution < 1.29 is 4.79 Å². The number of rotatable bonds is 3. The highest BCUT2D eigenvalue weighted by atomic mass is 16.2. The highest BCUT2D eigenvalue weighted by Gasteiger charge is 2.21. The quantitative estimate of drug-likeness (QED) is 0.875. The number of likely N-dealkylation sites (tertiary alicyclic amines) is 1. The Kier molecular flexibility index (Phi) is 3.96. The average molecular weight is 298 g/mol.